The summed E-state index contributed by atoms with van der Waals surface area (Å²) in [5.74, 6) is -2.35. The normalized spacial score (nSPS) is 18.9. The molecule has 3 aromatic rings. The first-order valence-electron chi connectivity index (χ1n) is 10.6. The Morgan fingerprint density at radius 2 is 1.78 bits per heavy atom. The Labute approximate surface area is 187 Å². The van der Waals surface area contributed by atoms with E-state index in [1.54, 1.807) is 37.5 Å². The lowest BCUT2D eigenvalue weighted by Crippen LogP contribution is -2.30. The second kappa shape index (κ2) is 8.19. The maximum atomic E-state index is 13.3. The van der Waals surface area contributed by atoms with E-state index in [-0.39, 0.29) is 17.7 Å². The highest BCUT2D eigenvalue weighted by molar-refractivity contribution is 6.43. The lowest BCUT2D eigenvalue weighted by molar-refractivity contribution is -0.141. The van der Waals surface area contributed by atoms with E-state index in [4.69, 9.17) is 4.42 Å². The summed E-state index contributed by atoms with van der Waals surface area (Å²) < 4.78 is 5.50. The first-order valence-corrected chi connectivity index (χ1v) is 10.6. The molecule has 1 aliphatic rings. The fourth-order valence-corrected chi connectivity index (χ4v) is 4.12. The number of ketones is 2. The van der Waals surface area contributed by atoms with Crippen molar-refractivity contribution in [2.24, 2.45) is 5.92 Å². The van der Waals surface area contributed by atoms with Crippen molar-refractivity contribution in [3.63, 3.8) is 0 Å². The molecule has 2 aromatic heterocycles. The number of aryl methyl sites for hydroxylation is 1. The van der Waals surface area contributed by atoms with Crippen molar-refractivity contribution in [3.8, 4) is 0 Å². The topological polar surface area (TPSA) is 80.5 Å². The largest absolute Gasteiger partial charge is 0.458 e. The van der Waals surface area contributed by atoms with Crippen LogP contribution in [0, 0.1) is 12.8 Å². The Hall–Kier alpha value is -3.54. The third-order valence-corrected chi connectivity index (χ3v) is 5.87. The van der Waals surface area contributed by atoms with Crippen LogP contribution in [0.3, 0.4) is 0 Å². The summed E-state index contributed by atoms with van der Waals surface area (Å²) in [5.41, 5.74) is 2.60. The number of nitrogens with zero attached hydrogens (tertiary/aromatic N) is 2. The summed E-state index contributed by atoms with van der Waals surface area (Å²) in [6.07, 6.45) is 3.30. The van der Waals surface area contributed by atoms with Gasteiger partial charge in [-0.15, -0.1) is 0 Å². The first kappa shape index (κ1) is 21.7. The summed E-state index contributed by atoms with van der Waals surface area (Å²) >= 11 is 0. The second-order valence-electron chi connectivity index (χ2n) is 9.23. The van der Waals surface area contributed by atoms with E-state index in [2.05, 4.69) is 25.8 Å². The molecule has 3 heterocycles. The van der Waals surface area contributed by atoms with Gasteiger partial charge in [-0.3, -0.25) is 19.4 Å². The molecule has 6 nitrogen and oxygen atoms in total. The first-order chi connectivity index (χ1) is 15.2. The molecular weight excluding hydrogens is 404 g/mol. The van der Waals surface area contributed by atoms with Crippen LogP contribution >= 0.6 is 0 Å². The summed E-state index contributed by atoms with van der Waals surface area (Å²) in [7, 11) is 0. The van der Waals surface area contributed by atoms with Crippen LogP contribution in [0.2, 0.25) is 0 Å². The Morgan fingerprint density at radius 3 is 2.34 bits per heavy atom. The zero-order valence-corrected chi connectivity index (χ0v) is 18.7. The molecule has 1 aliphatic heterocycles. The number of carbonyl (C=O) groups excluding carboxylic acids is 3. The van der Waals surface area contributed by atoms with Gasteiger partial charge in [-0.1, -0.05) is 51.1 Å². The number of aromatic nitrogens is 1. The van der Waals surface area contributed by atoms with Gasteiger partial charge in [0.2, 0.25) is 11.6 Å². The fraction of sp³-hybridized carbons (Fsp3) is 0.308. The minimum Gasteiger partial charge on any atom is -0.458 e. The molecular formula is C26H26N2O4. The smallest absolute Gasteiger partial charge is 0.291 e. The number of hydrogen-bond donors (Lipinski definition) is 0. The van der Waals surface area contributed by atoms with Gasteiger partial charge in [0.05, 0.1) is 6.04 Å². The van der Waals surface area contributed by atoms with E-state index >= 15 is 0 Å². The molecule has 0 aliphatic carbocycles. The van der Waals surface area contributed by atoms with Crippen molar-refractivity contribution >= 4 is 17.5 Å². The van der Waals surface area contributed by atoms with E-state index in [1.165, 1.54) is 4.90 Å². The number of hydrogen-bond acceptors (Lipinski definition) is 5. The Kier molecular flexibility index (Phi) is 5.55. The van der Waals surface area contributed by atoms with Crippen LogP contribution in [-0.4, -0.2) is 27.4 Å². The Bertz CT molecular complexity index is 1160. The van der Waals surface area contributed by atoms with Crippen molar-refractivity contribution in [3.05, 3.63) is 89.1 Å². The standard InChI is InChI=1S/C26H26N2O4/c1-16-7-12-20(32-16)23(29)21-22(18-8-10-19(11-9-18)26(2,3)4)28(25(31)24(21)30)15-17-6-5-13-27-14-17/h5-14,21-22H,15H2,1-4H3. The molecule has 2 atom stereocenters. The molecule has 0 bridgehead atoms. The number of likely N-dealkylation sites (tertiary alicyclic amines) is 1. The van der Waals surface area contributed by atoms with Gasteiger partial charge >= 0.3 is 0 Å². The molecule has 1 aromatic carbocycles. The molecule has 0 saturated carbocycles. The average molecular weight is 431 g/mol. The van der Waals surface area contributed by atoms with Crippen molar-refractivity contribution < 1.29 is 18.8 Å². The van der Waals surface area contributed by atoms with Crippen LogP contribution in [0.5, 0.6) is 0 Å². The highest BCUT2D eigenvalue weighted by Gasteiger charge is 2.52. The molecule has 1 fully saturated rings. The predicted molar refractivity (Wildman–Crippen MR) is 119 cm³/mol. The van der Waals surface area contributed by atoms with Gasteiger partial charge in [-0.2, -0.15) is 0 Å². The molecule has 0 spiro atoms. The SMILES string of the molecule is Cc1ccc(C(=O)C2C(=O)C(=O)N(Cc3cccnc3)C2c2ccc(C(C)(C)C)cc2)o1. The third-order valence-electron chi connectivity index (χ3n) is 5.87. The van der Waals surface area contributed by atoms with Crippen molar-refractivity contribution in [1.29, 1.82) is 0 Å². The average Bonchev–Trinajstić information content (AvgIpc) is 3.30. The fourth-order valence-electron chi connectivity index (χ4n) is 4.12. The maximum absolute atomic E-state index is 13.3. The highest BCUT2D eigenvalue weighted by atomic mass is 16.3. The summed E-state index contributed by atoms with van der Waals surface area (Å²) in [6.45, 7) is 8.27. The minimum absolute atomic E-state index is 0.0455. The molecule has 0 radical (unpaired) electrons. The maximum Gasteiger partial charge on any atom is 0.291 e. The monoisotopic (exact) mass is 430 g/mol. The van der Waals surface area contributed by atoms with Crippen molar-refractivity contribution in [1.82, 2.24) is 9.88 Å². The summed E-state index contributed by atoms with van der Waals surface area (Å²) in [4.78, 5) is 45.0. The highest BCUT2D eigenvalue weighted by Crippen LogP contribution is 2.40. The molecule has 32 heavy (non-hydrogen) atoms. The van der Waals surface area contributed by atoms with Crippen LogP contribution in [0.1, 0.15) is 59.8 Å². The number of amides is 1. The molecule has 164 valence electrons. The lowest BCUT2D eigenvalue weighted by Gasteiger charge is -2.28. The van der Waals surface area contributed by atoms with Gasteiger partial charge in [0.1, 0.15) is 11.7 Å². The quantitative estimate of drug-likeness (QED) is 0.340. The third kappa shape index (κ3) is 4.00. The number of furan rings is 1. The van der Waals surface area contributed by atoms with Crippen molar-refractivity contribution in [2.75, 3.05) is 0 Å². The van der Waals surface area contributed by atoms with Crippen LogP contribution in [0.15, 0.2) is 65.3 Å². The van der Waals surface area contributed by atoms with Gasteiger partial charge in [0.15, 0.2) is 5.76 Å². The predicted octanol–water partition coefficient (Wildman–Crippen LogP) is 4.43. The molecule has 1 saturated heterocycles. The molecule has 6 heteroatoms. The Balaban J connectivity index is 1.78. The van der Waals surface area contributed by atoms with Crippen LogP contribution < -0.4 is 0 Å². The summed E-state index contributed by atoms with van der Waals surface area (Å²) in [6, 6.07) is 13.9. The minimum atomic E-state index is -1.16. The number of Topliss-reactive ketones (excluding diaryl/α,β-unsaturated/α-hetero) is 2. The second-order valence-corrected chi connectivity index (χ2v) is 9.23. The van der Waals surface area contributed by atoms with Crippen LogP contribution in [0.4, 0.5) is 0 Å². The zero-order valence-electron chi connectivity index (χ0n) is 18.7. The van der Waals surface area contributed by atoms with Gasteiger partial charge in [0, 0.05) is 18.9 Å². The van der Waals surface area contributed by atoms with Gasteiger partial charge in [-0.25, -0.2) is 0 Å². The number of rotatable bonds is 5. The number of benzene rings is 1. The van der Waals surface area contributed by atoms with Crippen molar-refractivity contribution in [2.45, 2.75) is 45.7 Å². The van der Waals surface area contributed by atoms with E-state index in [1.807, 2.05) is 30.3 Å². The molecule has 4 rings (SSSR count). The number of pyridine rings is 1. The van der Waals surface area contributed by atoms with Crippen LogP contribution in [0.25, 0.3) is 0 Å². The van der Waals surface area contributed by atoms with E-state index in [0.717, 1.165) is 16.7 Å². The van der Waals surface area contributed by atoms with Gasteiger partial charge in [-0.05, 0) is 47.2 Å². The molecule has 0 N–H and O–H groups in total. The van der Waals surface area contributed by atoms with Crippen LogP contribution in [-0.2, 0) is 21.5 Å². The molecule has 2 unspecified atom stereocenters. The zero-order chi connectivity index (χ0) is 23.0. The Morgan fingerprint density at radius 1 is 1.06 bits per heavy atom. The lowest BCUT2D eigenvalue weighted by atomic mass is 9.84. The summed E-state index contributed by atoms with van der Waals surface area (Å²) in [5, 5.41) is 0. The van der Waals surface area contributed by atoms with Gasteiger partial charge < -0.3 is 9.32 Å². The van der Waals surface area contributed by atoms with Gasteiger partial charge in [0.25, 0.3) is 5.91 Å². The van der Waals surface area contributed by atoms with E-state index in [9.17, 15) is 14.4 Å². The van der Waals surface area contributed by atoms with E-state index in [0.29, 0.717) is 5.76 Å². The van der Waals surface area contributed by atoms with E-state index < -0.39 is 29.4 Å². The number of carbonyl (C=O) groups is 3. The molecule has 1 amide bonds.